The second-order valence-electron chi connectivity index (χ2n) is 5.00. The van der Waals surface area contributed by atoms with Crippen molar-refractivity contribution >= 4 is 10.0 Å². The van der Waals surface area contributed by atoms with Gasteiger partial charge in [-0.15, -0.1) is 0 Å². The molecule has 0 aromatic heterocycles. The van der Waals surface area contributed by atoms with Crippen molar-refractivity contribution in [2.45, 2.75) is 11.4 Å². The minimum atomic E-state index is -3.99. The summed E-state index contributed by atoms with van der Waals surface area (Å²) in [6.07, 6.45) is 0. The highest BCUT2D eigenvalue weighted by Crippen LogP contribution is 2.23. The molecule has 0 saturated carbocycles. The first kappa shape index (κ1) is 18.0. The molecule has 0 amide bonds. The van der Waals surface area contributed by atoms with Gasteiger partial charge in [0, 0.05) is 32.2 Å². The van der Waals surface area contributed by atoms with Crippen LogP contribution in [0.2, 0.25) is 0 Å². The molecule has 8 heteroatoms. The summed E-state index contributed by atoms with van der Waals surface area (Å²) in [6.45, 7) is 0.637. The van der Waals surface area contributed by atoms with Gasteiger partial charge in [0.1, 0.15) is 10.7 Å². The summed E-state index contributed by atoms with van der Waals surface area (Å²) in [5.74, 6) is -1.81. The Bertz CT molecular complexity index is 591. The number of halogens is 2. The van der Waals surface area contributed by atoms with E-state index >= 15 is 0 Å². The van der Waals surface area contributed by atoms with Crippen molar-refractivity contribution in [1.29, 1.82) is 0 Å². The number of benzene rings is 1. The van der Waals surface area contributed by atoms with E-state index in [0.29, 0.717) is 6.54 Å². The third-order valence-electron chi connectivity index (χ3n) is 3.05. The standard InChI is InChI=1S/C13H21F2N3O2S/c1-16-9-10-11(14)5-6-12(13(10)15)21(19,20)18(4)8-7-17(2)3/h5-6,16H,7-9H2,1-4H3. The van der Waals surface area contributed by atoms with Crippen LogP contribution in [0.1, 0.15) is 5.56 Å². The lowest BCUT2D eigenvalue weighted by atomic mass is 10.2. The number of sulfonamides is 1. The highest BCUT2D eigenvalue weighted by atomic mass is 32.2. The molecule has 1 aromatic rings. The second-order valence-corrected chi connectivity index (χ2v) is 7.01. The van der Waals surface area contributed by atoms with E-state index in [1.165, 1.54) is 14.1 Å². The molecule has 21 heavy (non-hydrogen) atoms. The lowest BCUT2D eigenvalue weighted by molar-refractivity contribution is 0.357. The van der Waals surface area contributed by atoms with E-state index in [1.54, 1.807) is 0 Å². The topological polar surface area (TPSA) is 52.7 Å². The van der Waals surface area contributed by atoms with Crippen molar-refractivity contribution in [2.24, 2.45) is 0 Å². The predicted octanol–water partition coefficient (Wildman–Crippen LogP) is 0.866. The molecule has 0 heterocycles. The summed E-state index contributed by atoms with van der Waals surface area (Å²) in [5.41, 5.74) is -0.278. The smallest absolute Gasteiger partial charge is 0.245 e. The van der Waals surface area contributed by atoms with Crippen LogP contribution in [0.15, 0.2) is 17.0 Å². The van der Waals surface area contributed by atoms with Crippen LogP contribution in [-0.2, 0) is 16.6 Å². The second kappa shape index (κ2) is 7.26. The van der Waals surface area contributed by atoms with Crippen molar-refractivity contribution in [3.63, 3.8) is 0 Å². The van der Waals surface area contributed by atoms with Crippen LogP contribution in [0.3, 0.4) is 0 Å². The van der Waals surface area contributed by atoms with Crippen LogP contribution in [0.5, 0.6) is 0 Å². The van der Waals surface area contributed by atoms with Crippen LogP contribution in [0.4, 0.5) is 8.78 Å². The van der Waals surface area contributed by atoms with Crippen molar-refractivity contribution in [1.82, 2.24) is 14.5 Å². The normalized spacial score (nSPS) is 12.4. The first-order valence-corrected chi connectivity index (χ1v) is 7.88. The van der Waals surface area contributed by atoms with Crippen molar-refractivity contribution < 1.29 is 17.2 Å². The number of nitrogens with zero attached hydrogens (tertiary/aromatic N) is 2. The molecule has 1 aromatic carbocycles. The Morgan fingerprint density at radius 1 is 1.14 bits per heavy atom. The molecule has 0 radical (unpaired) electrons. The van der Waals surface area contributed by atoms with E-state index in [4.69, 9.17) is 0 Å². The van der Waals surface area contributed by atoms with Gasteiger partial charge in [-0.05, 0) is 33.3 Å². The van der Waals surface area contributed by atoms with Crippen molar-refractivity contribution in [2.75, 3.05) is 41.3 Å². The quantitative estimate of drug-likeness (QED) is 0.809. The number of hydrogen-bond acceptors (Lipinski definition) is 4. The monoisotopic (exact) mass is 321 g/mol. The van der Waals surface area contributed by atoms with Gasteiger partial charge in [0.05, 0.1) is 0 Å². The van der Waals surface area contributed by atoms with Gasteiger partial charge < -0.3 is 10.2 Å². The fourth-order valence-electron chi connectivity index (χ4n) is 1.74. The minimum Gasteiger partial charge on any atom is -0.315 e. The average molecular weight is 321 g/mol. The Balaban J connectivity index is 3.17. The molecule has 120 valence electrons. The van der Waals surface area contributed by atoms with E-state index < -0.39 is 26.6 Å². The molecule has 0 aliphatic heterocycles. The zero-order valence-electron chi connectivity index (χ0n) is 12.7. The van der Waals surface area contributed by atoms with E-state index in [0.717, 1.165) is 16.4 Å². The third kappa shape index (κ3) is 4.19. The molecule has 0 unspecified atom stereocenters. The molecule has 1 N–H and O–H groups in total. The minimum absolute atomic E-state index is 0.0809. The average Bonchev–Trinajstić information content (AvgIpc) is 2.40. The van der Waals surface area contributed by atoms with Crippen LogP contribution in [0, 0.1) is 11.6 Å². The molecule has 0 aliphatic carbocycles. The molecular weight excluding hydrogens is 300 g/mol. The molecule has 0 fully saturated rings. The van der Waals surface area contributed by atoms with E-state index in [1.807, 2.05) is 19.0 Å². The maximum atomic E-state index is 14.3. The van der Waals surface area contributed by atoms with Gasteiger partial charge in [-0.1, -0.05) is 0 Å². The van der Waals surface area contributed by atoms with Gasteiger partial charge >= 0.3 is 0 Å². The number of hydrogen-bond donors (Lipinski definition) is 1. The summed E-state index contributed by atoms with van der Waals surface area (Å²) >= 11 is 0. The van der Waals surface area contributed by atoms with Crippen LogP contribution in [0.25, 0.3) is 0 Å². The van der Waals surface area contributed by atoms with Gasteiger partial charge in [-0.3, -0.25) is 0 Å². The summed E-state index contributed by atoms with van der Waals surface area (Å²) in [4.78, 5) is 1.31. The lowest BCUT2D eigenvalue weighted by Gasteiger charge is -2.20. The molecule has 0 atom stereocenters. The van der Waals surface area contributed by atoms with E-state index in [2.05, 4.69) is 5.32 Å². The first-order valence-electron chi connectivity index (χ1n) is 6.44. The molecule has 0 aliphatic rings. The Morgan fingerprint density at radius 2 is 1.76 bits per heavy atom. The third-order valence-corrected chi connectivity index (χ3v) is 4.93. The summed E-state index contributed by atoms with van der Waals surface area (Å²) < 4.78 is 53.6. The Kier molecular flexibility index (Phi) is 6.21. The summed E-state index contributed by atoms with van der Waals surface area (Å²) in [7, 11) is 2.54. The van der Waals surface area contributed by atoms with E-state index in [-0.39, 0.29) is 18.7 Å². The maximum absolute atomic E-state index is 14.3. The molecule has 1 rings (SSSR count). The SMILES string of the molecule is CNCc1c(F)ccc(S(=O)(=O)N(C)CCN(C)C)c1F. The van der Waals surface area contributed by atoms with Crippen LogP contribution in [-0.4, -0.2) is 58.9 Å². The molecule has 0 saturated heterocycles. The van der Waals surface area contributed by atoms with Crippen LogP contribution < -0.4 is 5.32 Å². The lowest BCUT2D eigenvalue weighted by Crippen LogP contribution is -2.34. The van der Waals surface area contributed by atoms with Crippen molar-refractivity contribution in [3.05, 3.63) is 29.3 Å². The van der Waals surface area contributed by atoms with Crippen LogP contribution >= 0.6 is 0 Å². The Hall–Kier alpha value is -1.09. The Morgan fingerprint density at radius 3 is 2.29 bits per heavy atom. The Labute approximate surface area is 124 Å². The first-order chi connectivity index (χ1) is 9.71. The van der Waals surface area contributed by atoms with Gasteiger partial charge in [0.15, 0.2) is 5.82 Å². The highest BCUT2D eigenvalue weighted by molar-refractivity contribution is 7.89. The van der Waals surface area contributed by atoms with Crippen molar-refractivity contribution in [3.8, 4) is 0 Å². The van der Waals surface area contributed by atoms with E-state index in [9.17, 15) is 17.2 Å². The maximum Gasteiger partial charge on any atom is 0.245 e. The van der Waals surface area contributed by atoms with Gasteiger partial charge in [-0.25, -0.2) is 17.2 Å². The fraction of sp³-hybridized carbons (Fsp3) is 0.538. The molecular formula is C13H21F2N3O2S. The molecule has 0 spiro atoms. The van der Waals surface area contributed by atoms with Gasteiger partial charge in [0.2, 0.25) is 10.0 Å². The van der Waals surface area contributed by atoms with Gasteiger partial charge in [-0.2, -0.15) is 4.31 Å². The number of rotatable bonds is 7. The zero-order chi connectivity index (χ0) is 16.2. The number of likely N-dealkylation sites (N-methyl/N-ethyl adjacent to an activating group) is 2. The largest absolute Gasteiger partial charge is 0.315 e. The molecule has 5 nitrogen and oxygen atoms in total. The van der Waals surface area contributed by atoms with Gasteiger partial charge in [0.25, 0.3) is 0 Å². The number of nitrogens with one attached hydrogen (secondary N) is 1. The zero-order valence-corrected chi connectivity index (χ0v) is 13.5. The predicted molar refractivity (Wildman–Crippen MR) is 77.5 cm³/mol. The summed E-state index contributed by atoms with van der Waals surface area (Å²) in [6, 6.07) is 1.94. The summed E-state index contributed by atoms with van der Waals surface area (Å²) in [5, 5.41) is 2.62. The highest BCUT2D eigenvalue weighted by Gasteiger charge is 2.27. The molecule has 0 bridgehead atoms. The fourth-order valence-corrected chi connectivity index (χ4v) is 2.99.